The van der Waals surface area contributed by atoms with Gasteiger partial charge in [-0.15, -0.1) is 0 Å². The van der Waals surface area contributed by atoms with E-state index in [-0.39, 0.29) is 35.4 Å². The lowest BCUT2D eigenvalue weighted by atomic mass is 9.98. The maximum absolute atomic E-state index is 13.6. The number of nitrogens with one attached hydrogen (secondary N) is 2. The molecule has 3 N–H and O–H groups in total. The lowest BCUT2D eigenvalue weighted by Crippen LogP contribution is -2.51. The third-order valence-electron chi connectivity index (χ3n) is 5.15. The number of hydrogen-bond acceptors (Lipinski definition) is 3. The molecule has 0 radical (unpaired) electrons. The number of piperidine rings is 1. The quantitative estimate of drug-likeness (QED) is 0.670. The fourth-order valence-electron chi connectivity index (χ4n) is 4.04. The molecule has 6 nitrogen and oxygen atoms in total. The minimum atomic E-state index is -0.816. The van der Waals surface area contributed by atoms with Gasteiger partial charge in [-0.1, -0.05) is 12.2 Å². The number of carboxylic acid groups (broad SMARTS) is 1. The minimum Gasteiger partial charge on any atom is -0.465 e. The van der Waals surface area contributed by atoms with Crippen LogP contribution in [-0.2, 0) is 4.79 Å². The van der Waals surface area contributed by atoms with Crippen LogP contribution in [0.1, 0.15) is 38.5 Å². The highest BCUT2D eigenvalue weighted by Crippen LogP contribution is 2.35. The lowest BCUT2D eigenvalue weighted by molar-refractivity contribution is -0.117. The summed E-state index contributed by atoms with van der Waals surface area (Å²) in [5, 5.41) is 15.4. The summed E-state index contributed by atoms with van der Waals surface area (Å²) >= 11 is 0. The first-order valence-electron chi connectivity index (χ1n) is 8.64. The molecule has 0 spiro atoms. The van der Waals surface area contributed by atoms with Gasteiger partial charge in [-0.05, 0) is 32.1 Å². The summed E-state index contributed by atoms with van der Waals surface area (Å²) in [4.78, 5) is 24.8. The van der Waals surface area contributed by atoms with Crippen molar-refractivity contribution >= 4 is 12.0 Å². The Hall–Kier alpha value is -1.89. The minimum absolute atomic E-state index is 0.111. The molecule has 3 rings (SSSR count). The summed E-state index contributed by atoms with van der Waals surface area (Å²) < 4.78 is 13.6. The molecule has 0 aromatic rings. The smallest absolute Gasteiger partial charge is 0.407 e. The third-order valence-corrected chi connectivity index (χ3v) is 5.15. The average molecular weight is 337 g/mol. The molecule has 132 valence electrons. The van der Waals surface area contributed by atoms with Crippen molar-refractivity contribution in [3.8, 4) is 0 Å². The lowest BCUT2D eigenvalue weighted by Gasteiger charge is -2.37. The second kappa shape index (κ2) is 7.34. The predicted molar refractivity (Wildman–Crippen MR) is 87.2 cm³/mol. The largest absolute Gasteiger partial charge is 0.465 e. The molecular formula is C17H24FN3O3. The number of carbonyl (C=O) groups is 2. The Morgan fingerprint density at radius 2 is 1.96 bits per heavy atom. The average Bonchev–Trinajstić information content (AvgIpc) is 2.83. The van der Waals surface area contributed by atoms with Crippen LogP contribution in [0, 0.1) is 0 Å². The first-order valence-corrected chi connectivity index (χ1v) is 8.64. The van der Waals surface area contributed by atoms with Crippen molar-refractivity contribution < 1.29 is 19.1 Å². The fourth-order valence-corrected chi connectivity index (χ4v) is 4.04. The highest BCUT2D eigenvalue weighted by atomic mass is 19.1. The van der Waals surface area contributed by atoms with Crippen LogP contribution in [0.15, 0.2) is 23.6 Å². The number of amides is 2. The molecular weight excluding hydrogens is 313 g/mol. The number of allylic oxidation sites excluding steroid dienone is 2. The van der Waals surface area contributed by atoms with Gasteiger partial charge in [-0.3, -0.25) is 4.79 Å². The van der Waals surface area contributed by atoms with Crippen LogP contribution >= 0.6 is 0 Å². The summed E-state index contributed by atoms with van der Waals surface area (Å²) in [5.41, 5.74) is 0.133. The summed E-state index contributed by atoms with van der Waals surface area (Å²) in [6.45, 7) is 1.03. The molecule has 7 heteroatoms. The van der Waals surface area contributed by atoms with Gasteiger partial charge in [0.25, 0.3) is 5.91 Å². The third kappa shape index (κ3) is 3.61. The van der Waals surface area contributed by atoms with Crippen LogP contribution in [0.3, 0.4) is 0 Å². The monoisotopic (exact) mass is 337 g/mol. The Morgan fingerprint density at radius 3 is 2.58 bits per heavy atom. The Balaban J connectivity index is 1.40. The molecule has 2 bridgehead atoms. The molecule has 2 unspecified atom stereocenters. The van der Waals surface area contributed by atoms with Crippen molar-refractivity contribution in [1.29, 1.82) is 0 Å². The first-order chi connectivity index (χ1) is 11.6. The van der Waals surface area contributed by atoms with Gasteiger partial charge in [0, 0.05) is 37.6 Å². The van der Waals surface area contributed by atoms with E-state index in [1.54, 1.807) is 11.0 Å². The Kier molecular flexibility index (Phi) is 5.18. The summed E-state index contributed by atoms with van der Waals surface area (Å²) in [7, 11) is 0. The molecule has 1 aliphatic carbocycles. The van der Waals surface area contributed by atoms with Crippen molar-refractivity contribution in [3.05, 3.63) is 23.6 Å². The van der Waals surface area contributed by atoms with Gasteiger partial charge in [0.15, 0.2) is 0 Å². The number of carbonyl (C=O) groups excluding carboxylic acids is 1. The molecule has 2 amide bonds. The van der Waals surface area contributed by atoms with Crippen molar-refractivity contribution in [2.45, 2.75) is 56.7 Å². The van der Waals surface area contributed by atoms with Crippen LogP contribution in [-0.4, -0.2) is 53.2 Å². The van der Waals surface area contributed by atoms with E-state index in [1.807, 2.05) is 6.08 Å². The zero-order chi connectivity index (χ0) is 17.1. The van der Waals surface area contributed by atoms with E-state index in [1.165, 1.54) is 0 Å². The van der Waals surface area contributed by atoms with E-state index in [9.17, 15) is 19.1 Å². The molecule has 0 aromatic carbocycles. The number of rotatable bonds is 5. The van der Waals surface area contributed by atoms with E-state index in [2.05, 4.69) is 10.6 Å². The van der Waals surface area contributed by atoms with Gasteiger partial charge < -0.3 is 20.6 Å². The molecule has 2 heterocycles. The van der Waals surface area contributed by atoms with Gasteiger partial charge in [0.05, 0.1) is 5.57 Å². The maximum atomic E-state index is 13.6. The zero-order valence-corrected chi connectivity index (χ0v) is 13.6. The second-order valence-corrected chi connectivity index (χ2v) is 6.71. The van der Waals surface area contributed by atoms with Gasteiger partial charge in [-0.2, -0.15) is 0 Å². The van der Waals surface area contributed by atoms with E-state index in [0.717, 1.165) is 25.7 Å². The first kappa shape index (κ1) is 17.0. The summed E-state index contributed by atoms with van der Waals surface area (Å²) in [6, 6.07) is 0.500. The van der Waals surface area contributed by atoms with Gasteiger partial charge in [0.2, 0.25) is 0 Å². The van der Waals surface area contributed by atoms with Crippen molar-refractivity contribution in [2.24, 2.45) is 0 Å². The molecule has 2 atom stereocenters. The highest BCUT2D eigenvalue weighted by Gasteiger charge is 2.43. The van der Waals surface area contributed by atoms with E-state index in [4.69, 9.17) is 0 Å². The molecule has 24 heavy (non-hydrogen) atoms. The van der Waals surface area contributed by atoms with Crippen LogP contribution in [0.25, 0.3) is 0 Å². The fraction of sp³-hybridized carbons (Fsp3) is 0.647. The van der Waals surface area contributed by atoms with E-state index in [0.29, 0.717) is 25.9 Å². The summed E-state index contributed by atoms with van der Waals surface area (Å²) in [5.74, 6) is -0.716. The molecule has 3 aliphatic rings. The van der Waals surface area contributed by atoms with Gasteiger partial charge in [-0.25, -0.2) is 9.18 Å². The Labute approximate surface area is 140 Å². The van der Waals surface area contributed by atoms with E-state index >= 15 is 0 Å². The van der Waals surface area contributed by atoms with Crippen molar-refractivity contribution in [3.63, 3.8) is 0 Å². The van der Waals surface area contributed by atoms with Crippen molar-refractivity contribution in [2.75, 3.05) is 13.1 Å². The molecule has 0 aromatic heterocycles. The second-order valence-electron chi connectivity index (χ2n) is 6.71. The zero-order valence-electron chi connectivity index (χ0n) is 13.6. The SMILES string of the molecule is O=C(NCCNC1CC2CCC(C1)N2C(=O)O)C1=C(F)CCC=C1. The van der Waals surface area contributed by atoms with Gasteiger partial charge >= 0.3 is 6.09 Å². The predicted octanol–water partition coefficient (Wildman–Crippen LogP) is 1.94. The Morgan fingerprint density at radius 1 is 1.25 bits per heavy atom. The molecule has 2 saturated heterocycles. The molecule has 2 aliphatic heterocycles. The standard InChI is InChI=1S/C17H24FN3O3/c18-15-4-2-1-3-14(15)16(22)20-8-7-19-11-9-12-5-6-13(10-11)21(12)17(23)24/h1,3,11-13,19H,2,4-10H2,(H,20,22)(H,23,24). The van der Waals surface area contributed by atoms with Crippen molar-refractivity contribution in [1.82, 2.24) is 15.5 Å². The van der Waals surface area contributed by atoms with Crippen LogP contribution in [0.2, 0.25) is 0 Å². The van der Waals surface area contributed by atoms with Crippen LogP contribution < -0.4 is 10.6 Å². The summed E-state index contributed by atoms with van der Waals surface area (Å²) in [6.07, 6.45) is 6.98. The van der Waals surface area contributed by atoms with Gasteiger partial charge in [0.1, 0.15) is 5.83 Å². The molecule has 0 saturated carbocycles. The maximum Gasteiger partial charge on any atom is 0.407 e. The highest BCUT2D eigenvalue weighted by molar-refractivity contribution is 5.96. The number of hydrogen-bond donors (Lipinski definition) is 3. The number of fused-ring (bicyclic) bond motifs is 2. The molecule has 2 fully saturated rings. The Bertz CT molecular complexity index is 561. The van der Waals surface area contributed by atoms with Crippen LogP contribution in [0.4, 0.5) is 9.18 Å². The normalized spacial score (nSPS) is 29.0. The number of halogens is 1. The number of nitrogens with zero attached hydrogens (tertiary/aromatic N) is 1. The topological polar surface area (TPSA) is 81.7 Å². The van der Waals surface area contributed by atoms with Crippen LogP contribution in [0.5, 0.6) is 0 Å². The van der Waals surface area contributed by atoms with E-state index < -0.39 is 6.09 Å².